The van der Waals surface area contributed by atoms with Crippen LogP contribution in [0.3, 0.4) is 0 Å². The third-order valence-corrected chi connectivity index (χ3v) is 9.15. The molecule has 2 aromatic heterocycles. The number of fused-ring (bicyclic) bond motifs is 3. The largest absolute Gasteiger partial charge is 0.138 e. The Morgan fingerprint density at radius 2 is 1.23 bits per heavy atom. The van der Waals surface area contributed by atoms with Gasteiger partial charge in [-0.25, -0.2) is 0 Å². The lowest BCUT2D eigenvalue weighted by Crippen LogP contribution is -1.86. The third-order valence-electron chi connectivity index (χ3n) is 3.96. The summed E-state index contributed by atoms with van der Waals surface area (Å²) in [5.74, 6) is 1.22. The van der Waals surface area contributed by atoms with Crippen molar-refractivity contribution in [3.8, 4) is 9.75 Å². The van der Waals surface area contributed by atoms with Crippen LogP contribution in [0.25, 0.3) is 15.3 Å². The molecule has 0 atom stereocenters. The Morgan fingerprint density at radius 3 is 1.55 bits per heavy atom. The number of hydrogen-bond acceptors (Lipinski definition) is 4. The number of thioether (sulfide) groups is 2. The van der Waals surface area contributed by atoms with Gasteiger partial charge in [0.05, 0.1) is 9.75 Å². The van der Waals surface area contributed by atoms with Crippen molar-refractivity contribution in [2.45, 2.75) is 39.5 Å². The third kappa shape index (κ3) is 2.62. The van der Waals surface area contributed by atoms with E-state index in [-0.39, 0.29) is 0 Å². The lowest BCUT2D eigenvalue weighted by Gasteiger charge is -2.07. The predicted octanol–water partition coefficient (Wildman–Crippen LogP) is 7.48. The van der Waals surface area contributed by atoms with E-state index in [1.165, 1.54) is 40.4 Å². The van der Waals surface area contributed by atoms with Crippen LogP contribution in [-0.4, -0.2) is 12.5 Å². The van der Waals surface area contributed by atoms with Gasteiger partial charge in [-0.05, 0) is 36.5 Å². The van der Waals surface area contributed by atoms with E-state index in [0.717, 1.165) is 0 Å². The van der Waals surface area contributed by atoms with Gasteiger partial charge in [0.2, 0.25) is 0 Å². The number of thiophene rings is 2. The Kier molecular flexibility index (Phi) is 4.84. The van der Waals surface area contributed by atoms with Gasteiger partial charge in [-0.2, -0.15) is 0 Å². The Morgan fingerprint density at radius 1 is 0.818 bits per heavy atom. The maximum Gasteiger partial charge on any atom is 0.0531 e. The first-order chi connectivity index (χ1) is 10.5. The van der Waals surface area contributed by atoms with E-state index >= 15 is 0 Å². The second-order valence-corrected chi connectivity index (χ2v) is 10.2. The first-order valence-corrected chi connectivity index (χ1v) is 11.7. The molecular formula is C18H22S4. The molecule has 0 saturated carbocycles. The maximum atomic E-state index is 2.44. The van der Waals surface area contributed by atoms with Gasteiger partial charge in [0.1, 0.15) is 0 Å². The lowest BCUT2D eigenvalue weighted by molar-refractivity contribution is 0.889. The summed E-state index contributed by atoms with van der Waals surface area (Å²) < 4.78 is 1.45. The quantitative estimate of drug-likeness (QED) is 0.469. The fourth-order valence-electron chi connectivity index (χ4n) is 2.75. The van der Waals surface area contributed by atoms with Crippen LogP contribution in [0.2, 0.25) is 0 Å². The Hall–Kier alpha value is -0.160. The van der Waals surface area contributed by atoms with E-state index in [4.69, 9.17) is 0 Å². The molecule has 0 spiro atoms. The molecule has 3 rings (SSSR count). The van der Waals surface area contributed by atoms with Crippen molar-refractivity contribution in [2.75, 3.05) is 12.5 Å². The van der Waals surface area contributed by atoms with Crippen LogP contribution in [0.5, 0.6) is 0 Å². The van der Waals surface area contributed by atoms with Gasteiger partial charge in [-0.3, -0.25) is 0 Å². The molecule has 0 nitrogen and oxygen atoms in total. The molecule has 1 aliphatic carbocycles. The molecule has 0 fully saturated rings. The molecule has 2 aromatic rings. The molecular weight excluding hydrogens is 344 g/mol. The standard InChI is InChI=1S/C18H22S4/c1-9(2)13-7-11-15(18(19-5)20-6)12-8-14(10(3)4)22-17(12)16(11)21-13/h7-10H,1-6H3. The fourth-order valence-corrected chi connectivity index (χ4v) is 6.76. The van der Waals surface area contributed by atoms with Crippen LogP contribution in [0.4, 0.5) is 0 Å². The summed E-state index contributed by atoms with van der Waals surface area (Å²) in [5, 5.41) is 0. The monoisotopic (exact) mass is 366 g/mol. The van der Waals surface area contributed by atoms with E-state index < -0.39 is 0 Å². The zero-order valence-electron chi connectivity index (χ0n) is 13.9. The highest BCUT2D eigenvalue weighted by atomic mass is 32.2. The molecule has 118 valence electrons. The molecule has 0 saturated heterocycles. The van der Waals surface area contributed by atoms with Gasteiger partial charge in [0.15, 0.2) is 0 Å². The average molecular weight is 367 g/mol. The second kappa shape index (κ2) is 6.39. The van der Waals surface area contributed by atoms with Gasteiger partial charge in [0, 0.05) is 30.7 Å². The molecule has 2 heterocycles. The minimum atomic E-state index is 0.608. The average Bonchev–Trinajstić information content (AvgIpc) is 3.12. The molecule has 1 aliphatic rings. The lowest BCUT2D eigenvalue weighted by atomic mass is 10.1. The van der Waals surface area contributed by atoms with E-state index in [2.05, 4.69) is 52.3 Å². The molecule has 0 unspecified atom stereocenters. The molecule has 0 amide bonds. The van der Waals surface area contributed by atoms with Crippen LogP contribution in [0.15, 0.2) is 16.4 Å². The Balaban J connectivity index is 2.27. The molecule has 0 aliphatic heterocycles. The van der Waals surface area contributed by atoms with Crippen molar-refractivity contribution < 1.29 is 0 Å². The Bertz CT molecular complexity index is 668. The minimum Gasteiger partial charge on any atom is -0.138 e. The van der Waals surface area contributed by atoms with E-state index in [1.807, 2.05) is 46.2 Å². The van der Waals surface area contributed by atoms with Crippen molar-refractivity contribution in [3.05, 3.63) is 37.3 Å². The Labute approximate surface area is 150 Å². The van der Waals surface area contributed by atoms with Gasteiger partial charge < -0.3 is 0 Å². The van der Waals surface area contributed by atoms with Gasteiger partial charge >= 0.3 is 0 Å². The summed E-state index contributed by atoms with van der Waals surface area (Å²) in [5.41, 5.74) is 4.43. The SMILES string of the molecule is CSC(SC)=C1c2cc(C(C)C)sc2-c2sc(C(C)C)cc21. The minimum absolute atomic E-state index is 0.608. The highest BCUT2D eigenvalue weighted by molar-refractivity contribution is 8.21. The number of hydrogen-bond donors (Lipinski definition) is 0. The van der Waals surface area contributed by atoms with Crippen LogP contribution in [0, 0.1) is 0 Å². The van der Waals surface area contributed by atoms with Crippen molar-refractivity contribution in [1.82, 2.24) is 0 Å². The van der Waals surface area contributed by atoms with Gasteiger partial charge in [-0.15, -0.1) is 46.2 Å². The first-order valence-electron chi connectivity index (χ1n) is 7.58. The van der Waals surface area contributed by atoms with E-state index in [0.29, 0.717) is 11.8 Å². The van der Waals surface area contributed by atoms with Crippen molar-refractivity contribution >= 4 is 51.8 Å². The highest BCUT2D eigenvalue weighted by Gasteiger charge is 2.31. The van der Waals surface area contributed by atoms with Crippen molar-refractivity contribution in [1.29, 1.82) is 0 Å². The highest BCUT2D eigenvalue weighted by Crippen LogP contribution is 2.56. The smallest absolute Gasteiger partial charge is 0.0531 e. The van der Waals surface area contributed by atoms with Gasteiger partial charge in [-0.1, -0.05) is 27.7 Å². The molecule has 0 aromatic carbocycles. The summed E-state index contributed by atoms with van der Waals surface area (Å²) >= 11 is 7.76. The maximum absolute atomic E-state index is 2.44. The van der Waals surface area contributed by atoms with E-state index in [9.17, 15) is 0 Å². The van der Waals surface area contributed by atoms with Crippen LogP contribution < -0.4 is 0 Å². The summed E-state index contributed by atoms with van der Waals surface area (Å²) in [4.78, 5) is 6.03. The predicted molar refractivity (Wildman–Crippen MR) is 109 cm³/mol. The summed E-state index contributed by atoms with van der Waals surface area (Å²) in [6.07, 6.45) is 4.39. The molecule has 4 heteroatoms. The van der Waals surface area contributed by atoms with Crippen LogP contribution in [0.1, 0.15) is 60.4 Å². The fraction of sp³-hybridized carbons (Fsp3) is 0.444. The zero-order valence-corrected chi connectivity index (χ0v) is 17.2. The summed E-state index contributed by atoms with van der Waals surface area (Å²) in [6.45, 7) is 9.18. The molecule has 0 N–H and O–H groups in total. The van der Waals surface area contributed by atoms with Gasteiger partial charge in [0.25, 0.3) is 0 Å². The summed E-state index contributed by atoms with van der Waals surface area (Å²) in [7, 11) is 0. The molecule has 0 bridgehead atoms. The number of rotatable bonds is 4. The molecule has 22 heavy (non-hydrogen) atoms. The topological polar surface area (TPSA) is 0 Å². The van der Waals surface area contributed by atoms with Crippen LogP contribution in [-0.2, 0) is 0 Å². The van der Waals surface area contributed by atoms with Crippen molar-refractivity contribution in [2.24, 2.45) is 0 Å². The first kappa shape index (κ1) is 16.7. The molecule has 0 radical (unpaired) electrons. The van der Waals surface area contributed by atoms with Crippen LogP contribution >= 0.6 is 46.2 Å². The zero-order chi connectivity index (χ0) is 16.0. The normalized spacial score (nSPS) is 13.2. The summed E-state index contributed by atoms with van der Waals surface area (Å²) in [6, 6.07) is 4.88. The second-order valence-electron chi connectivity index (χ2n) is 6.16. The van der Waals surface area contributed by atoms with Crippen molar-refractivity contribution in [3.63, 3.8) is 0 Å². The van der Waals surface area contributed by atoms with E-state index in [1.54, 1.807) is 0 Å².